The molecule has 5 heteroatoms. The summed E-state index contributed by atoms with van der Waals surface area (Å²) in [6, 6.07) is 16.8. The van der Waals surface area contributed by atoms with Gasteiger partial charge in [-0.1, -0.05) is 30.3 Å². The predicted octanol–water partition coefficient (Wildman–Crippen LogP) is 3.25. The SMILES string of the molecule is O=[SH](=O)C(c1ccc(Oc2ccccc2)cc1)C1CS1. The molecule has 0 spiro atoms. The van der Waals surface area contributed by atoms with Crippen LogP contribution in [0, 0.1) is 0 Å². The maximum Gasteiger partial charge on any atom is 0.148 e. The van der Waals surface area contributed by atoms with Crippen LogP contribution in [0.4, 0.5) is 0 Å². The molecular weight excluding hydrogens is 292 g/mol. The number of benzene rings is 2. The number of para-hydroxylation sites is 1. The first-order valence-electron chi connectivity index (χ1n) is 6.32. The fraction of sp³-hybridized carbons (Fsp3) is 0.200. The molecule has 104 valence electrons. The minimum Gasteiger partial charge on any atom is -0.457 e. The molecule has 1 saturated heterocycles. The van der Waals surface area contributed by atoms with Gasteiger partial charge in [-0.3, -0.25) is 0 Å². The van der Waals surface area contributed by atoms with Gasteiger partial charge in [0.15, 0.2) is 0 Å². The molecular formula is C15H14O3S2. The van der Waals surface area contributed by atoms with E-state index in [0.29, 0.717) is 5.75 Å². The zero-order valence-electron chi connectivity index (χ0n) is 10.6. The molecule has 3 rings (SSSR count). The average molecular weight is 306 g/mol. The molecule has 0 aliphatic carbocycles. The topological polar surface area (TPSA) is 43.4 Å². The molecule has 0 radical (unpaired) electrons. The van der Waals surface area contributed by atoms with Crippen LogP contribution in [-0.2, 0) is 10.7 Å². The number of rotatable bonds is 5. The Hall–Kier alpha value is -1.46. The fourth-order valence-electron chi connectivity index (χ4n) is 2.07. The Labute approximate surface area is 123 Å². The lowest BCUT2D eigenvalue weighted by molar-refractivity contribution is 0.482. The molecule has 20 heavy (non-hydrogen) atoms. The molecule has 0 amide bonds. The van der Waals surface area contributed by atoms with E-state index in [9.17, 15) is 8.42 Å². The van der Waals surface area contributed by atoms with Crippen LogP contribution < -0.4 is 4.74 Å². The standard InChI is InChI=1S/C15H14O3S2/c16-20(17)15(14-10-19-14)11-6-8-13(9-7-11)18-12-4-2-1-3-5-12/h1-9,14-15,20H,10H2. The molecule has 1 aliphatic heterocycles. The van der Waals surface area contributed by atoms with Crippen molar-refractivity contribution in [2.75, 3.05) is 5.75 Å². The van der Waals surface area contributed by atoms with E-state index >= 15 is 0 Å². The fourth-order valence-corrected chi connectivity index (χ4v) is 4.20. The maximum absolute atomic E-state index is 11.3. The first kappa shape index (κ1) is 13.5. The molecule has 2 atom stereocenters. The lowest BCUT2D eigenvalue weighted by atomic mass is 10.1. The Morgan fingerprint density at radius 1 is 1.00 bits per heavy atom. The molecule has 2 aromatic carbocycles. The number of ether oxygens (including phenoxy) is 1. The van der Waals surface area contributed by atoms with Gasteiger partial charge in [-0.05, 0) is 29.8 Å². The Morgan fingerprint density at radius 3 is 2.15 bits per heavy atom. The monoisotopic (exact) mass is 306 g/mol. The van der Waals surface area contributed by atoms with Crippen molar-refractivity contribution in [2.24, 2.45) is 0 Å². The maximum atomic E-state index is 11.3. The molecule has 0 N–H and O–H groups in total. The Bertz CT molecular complexity index is 639. The summed E-state index contributed by atoms with van der Waals surface area (Å²) < 4.78 is 28.4. The number of hydrogen-bond donors (Lipinski definition) is 1. The van der Waals surface area contributed by atoms with Crippen molar-refractivity contribution in [2.45, 2.75) is 10.5 Å². The number of thioether (sulfide) groups is 1. The Balaban J connectivity index is 1.77. The van der Waals surface area contributed by atoms with Crippen LogP contribution in [0.5, 0.6) is 11.5 Å². The molecule has 0 bridgehead atoms. The van der Waals surface area contributed by atoms with Gasteiger partial charge in [0.05, 0.1) is 5.25 Å². The highest BCUT2D eigenvalue weighted by Gasteiger charge is 2.35. The van der Waals surface area contributed by atoms with Crippen LogP contribution >= 0.6 is 11.8 Å². The summed E-state index contributed by atoms with van der Waals surface area (Å²) in [4.78, 5) is 0. The Kier molecular flexibility index (Phi) is 3.98. The lowest BCUT2D eigenvalue weighted by Gasteiger charge is -2.10. The van der Waals surface area contributed by atoms with Crippen LogP contribution in [0.3, 0.4) is 0 Å². The van der Waals surface area contributed by atoms with Crippen molar-refractivity contribution in [3.63, 3.8) is 0 Å². The number of hydrogen-bond acceptors (Lipinski definition) is 4. The minimum atomic E-state index is -2.44. The van der Waals surface area contributed by atoms with Gasteiger partial charge >= 0.3 is 0 Å². The van der Waals surface area contributed by atoms with Crippen LogP contribution in [0.2, 0.25) is 0 Å². The summed E-state index contributed by atoms with van der Waals surface area (Å²) in [5.74, 6) is 2.41. The van der Waals surface area contributed by atoms with Gasteiger partial charge in [0.1, 0.15) is 22.2 Å². The smallest absolute Gasteiger partial charge is 0.148 e. The third-order valence-electron chi connectivity index (χ3n) is 3.14. The van der Waals surface area contributed by atoms with E-state index in [2.05, 4.69) is 0 Å². The summed E-state index contributed by atoms with van der Waals surface area (Å²) in [5.41, 5.74) is 0.844. The molecule has 1 aliphatic rings. The summed E-state index contributed by atoms with van der Waals surface area (Å²) >= 11 is 1.69. The third kappa shape index (κ3) is 3.16. The van der Waals surface area contributed by atoms with Gasteiger partial charge in [-0.25, -0.2) is 8.42 Å². The van der Waals surface area contributed by atoms with Crippen molar-refractivity contribution in [1.29, 1.82) is 0 Å². The molecule has 1 fully saturated rings. The first-order chi connectivity index (χ1) is 9.74. The van der Waals surface area contributed by atoms with Gasteiger partial charge in [0.2, 0.25) is 0 Å². The molecule has 2 aromatic rings. The highest BCUT2D eigenvalue weighted by atomic mass is 32.2. The molecule has 1 heterocycles. The van der Waals surface area contributed by atoms with E-state index < -0.39 is 10.7 Å². The van der Waals surface area contributed by atoms with E-state index in [0.717, 1.165) is 17.1 Å². The molecule has 0 aromatic heterocycles. The van der Waals surface area contributed by atoms with E-state index in [1.807, 2.05) is 54.6 Å². The van der Waals surface area contributed by atoms with Crippen LogP contribution in [0.15, 0.2) is 54.6 Å². The second-order valence-corrected chi connectivity index (χ2v) is 6.99. The molecule has 2 unspecified atom stereocenters. The van der Waals surface area contributed by atoms with E-state index in [-0.39, 0.29) is 10.5 Å². The zero-order valence-corrected chi connectivity index (χ0v) is 12.3. The lowest BCUT2D eigenvalue weighted by Crippen LogP contribution is -2.06. The van der Waals surface area contributed by atoms with E-state index in [4.69, 9.17) is 4.74 Å². The second kappa shape index (κ2) is 5.89. The van der Waals surface area contributed by atoms with E-state index in [1.54, 1.807) is 11.8 Å². The predicted molar refractivity (Wildman–Crippen MR) is 82.3 cm³/mol. The summed E-state index contributed by atoms with van der Waals surface area (Å²) in [6.07, 6.45) is 0. The van der Waals surface area contributed by atoms with Crippen molar-refractivity contribution in [3.05, 3.63) is 60.2 Å². The van der Waals surface area contributed by atoms with Gasteiger partial charge < -0.3 is 4.74 Å². The van der Waals surface area contributed by atoms with Crippen LogP contribution in [0.25, 0.3) is 0 Å². The third-order valence-corrected chi connectivity index (χ3v) is 5.44. The van der Waals surface area contributed by atoms with Crippen molar-refractivity contribution in [3.8, 4) is 11.5 Å². The van der Waals surface area contributed by atoms with E-state index in [1.165, 1.54) is 0 Å². The average Bonchev–Trinajstić information content (AvgIpc) is 3.26. The van der Waals surface area contributed by atoms with Gasteiger partial charge in [0.25, 0.3) is 0 Å². The van der Waals surface area contributed by atoms with Crippen LogP contribution in [0.1, 0.15) is 10.8 Å². The van der Waals surface area contributed by atoms with Crippen LogP contribution in [-0.4, -0.2) is 19.4 Å². The summed E-state index contributed by atoms with van der Waals surface area (Å²) in [7, 11) is -2.44. The Morgan fingerprint density at radius 2 is 1.60 bits per heavy atom. The summed E-state index contributed by atoms with van der Waals surface area (Å²) in [5, 5.41) is -0.155. The highest BCUT2D eigenvalue weighted by Crippen LogP contribution is 2.42. The zero-order chi connectivity index (χ0) is 13.9. The van der Waals surface area contributed by atoms with Gasteiger partial charge in [-0.15, -0.1) is 0 Å². The second-order valence-electron chi connectivity index (χ2n) is 4.59. The highest BCUT2D eigenvalue weighted by molar-refractivity contribution is 8.07. The van der Waals surface area contributed by atoms with Gasteiger partial charge in [0, 0.05) is 11.0 Å². The van der Waals surface area contributed by atoms with Crippen molar-refractivity contribution < 1.29 is 13.2 Å². The summed E-state index contributed by atoms with van der Waals surface area (Å²) in [6.45, 7) is 0. The first-order valence-corrected chi connectivity index (χ1v) is 8.61. The molecule has 0 saturated carbocycles. The molecule has 3 nitrogen and oxygen atoms in total. The minimum absolute atomic E-state index is 0.219. The van der Waals surface area contributed by atoms with Gasteiger partial charge in [-0.2, -0.15) is 11.8 Å². The number of thiol groups is 1. The normalized spacial score (nSPS) is 18.8. The van der Waals surface area contributed by atoms with Crippen molar-refractivity contribution >= 4 is 22.5 Å². The largest absolute Gasteiger partial charge is 0.457 e. The quantitative estimate of drug-likeness (QED) is 0.680. The van der Waals surface area contributed by atoms with Crippen molar-refractivity contribution in [1.82, 2.24) is 0 Å².